The minimum atomic E-state index is 0.407. The van der Waals surface area contributed by atoms with Gasteiger partial charge in [-0.1, -0.05) is 66.5 Å². The zero-order chi connectivity index (χ0) is 22.5. The van der Waals surface area contributed by atoms with Crippen LogP contribution in [-0.4, -0.2) is 32.0 Å². The van der Waals surface area contributed by atoms with Crippen LogP contribution in [0.1, 0.15) is 55.4 Å². The summed E-state index contributed by atoms with van der Waals surface area (Å²) in [6, 6.07) is 18.6. The highest BCUT2D eigenvalue weighted by molar-refractivity contribution is 7.98. The van der Waals surface area contributed by atoms with Gasteiger partial charge in [0.2, 0.25) is 5.89 Å². The van der Waals surface area contributed by atoms with Gasteiger partial charge in [-0.3, -0.25) is 4.57 Å². The van der Waals surface area contributed by atoms with Crippen molar-refractivity contribution in [1.29, 1.82) is 0 Å². The van der Waals surface area contributed by atoms with Gasteiger partial charge in [-0.05, 0) is 42.7 Å². The van der Waals surface area contributed by atoms with Crippen LogP contribution < -0.4 is 4.74 Å². The van der Waals surface area contributed by atoms with Gasteiger partial charge in [-0.2, -0.15) is 4.98 Å². The van der Waals surface area contributed by atoms with E-state index in [4.69, 9.17) is 9.26 Å². The van der Waals surface area contributed by atoms with Crippen LogP contribution in [0.25, 0.3) is 11.4 Å². The second kappa shape index (κ2) is 10.2. The van der Waals surface area contributed by atoms with E-state index in [1.807, 2.05) is 42.5 Å². The molecule has 1 aliphatic rings. The Morgan fingerprint density at radius 3 is 2.55 bits per heavy atom. The molecule has 1 aliphatic carbocycles. The van der Waals surface area contributed by atoms with Crippen LogP contribution in [0, 0.1) is 0 Å². The monoisotopic (exact) mass is 461 g/mol. The molecular formula is C25H27N5O2S. The van der Waals surface area contributed by atoms with Gasteiger partial charge >= 0.3 is 0 Å². The summed E-state index contributed by atoms with van der Waals surface area (Å²) < 4.78 is 13.1. The van der Waals surface area contributed by atoms with E-state index >= 15 is 0 Å². The van der Waals surface area contributed by atoms with E-state index in [0.717, 1.165) is 35.1 Å². The maximum Gasteiger partial charge on any atom is 0.237 e. The maximum absolute atomic E-state index is 5.51. The molecule has 0 spiro atoms. The van der Waals surface area contributed by atoms with E-state index in [0.29, 0.717) is 29.9 Å². The Morgan fingerprint density at radius 2 is 1.79 bits per heavy atom. The minimum absolute atomic E-state index is 0.407. The van der Waals surface area contributed by atoms with Crippen LogP contribution >= 0.6 is 11.8 Å². The van der Waals surface area contributed by atoms with E-state index in [1.165, 1.54) is 24.8 Å². The summed E-state index contributed by atoms with van der Waals surface area (Å²) in [6.07, 6.45) is 6.73. The van der Waals surface area contributed by atoms with Crippen LogP contribution in [0.4, 0.5) is 0 Å². The standard InChI is InChI=1S/C25H27N5O2S/c1-31-21-14-12-19(13-15-21)24-27-28-25(30(24)20-10-6-3-7-11-20)33-17-23-26-22(29-32-23)16-18-8-4-2-5-9-18/h2,4-5,8-9,12-15,20H,3,6-7,10-11,16-17H2,1H3. The number of nitrogens with zero attached hydrogens (tertiary/aromatic N) is 5. The molecule has 0 amide bonds. The summed E-state index contributed by atoms with van der Waals surface area (Å²) in [5.41, 5.74) is 2.21. The molecular weight excluding hydrogens is 434 g/mol. The predicted octanol–water partition coefficient (Wildman–Crippen LogP) is 5.73. The van der Waals surface area contributed by atoms with Crippen molar-refractivity contribution in [1.82, 2.24) is 24.9 Å². The van der Waals surface area contributed by atoms with Crippen LogP contribution in [-0.2, 0) is 12.2 Å². The first-order valence-corrected chi connectivity index (χ1v) is 12.4. The molecule has 0 radical (unpaired) electrons. The van der Waals surface area contributed by atoms with Gasteiger partial charge in [0.15, 0.2) is 16.8 Å². The van der Waals surface area contributed by atoms with Crippen molar-refractivity contribution >= 4 is 11.8 Å². The molecule has 0 bridgehead atoms. The van der Waals surface area contributed by atoms with Crippen LogP contribution in [0.2, 0.25) is 0 Å². The third kappa shape index (κ3) is 5.11. The number of methoxy groups -OCH3 is 1. The fourth-order valence-electron chi connectivity index (χ4n) is 4.31. The lowest BCUT2D eigenvalue weighted by Gasteiger charge is -2.25. The first kappa shape index (κ1) is 21.7. The van der Waals surface area contributed by atoms with Crippen LogP contribution in [0.15, 0.2) is 64.3 Å². The molecule has 0 unspecified atom stereocenters. The highest BCUT2D eigenvalue weighted by Crippen LogP contribution is 2.36. The molecule has 0 atom stereocenters. The molecule has 0 N–H and O–H groups in total. The Kier molecular flexibility index (Phi) is 6.71. The van der Waals surface area contributed by atoms with Crippen molar-refractivity contribution in [3.63, 3.8) is 0 Å². The van der Waals surface area contributed by atoms with Gasteiger partial charge < -0.3 is 9.26 Å². The molecule has 1 fully saturated rings. The van der Waals surface area contributed by atoms with Gasteiger partial charge in [-0.15, -0.1) is 10.2 Å². The van der Waals surface area contributed by atoms with E-state index < -0.39 is 0 Å². The number of ether oxygens (including phenoxy) is 1. The zero-order valence-corrected chi connectivity index (χ0v) is 19.5. The normalized spacial score (nSPS) is 14.5. The molecule has 0 saturated heterocycles. The van der Waals surface area contributed by atoms with Crippen molar-refractivity contribution in [2.75, 3.05) is 7.11 Å². The fourth-order valence-corrected chi connectivity index (χ4v) is 5.15. The molecule has 0 aliphatic heterocycles. The molecule has 5 rings (SSSR count). The smallest absolute Gasteiger partial charge is 0.237 e. The minimum Gasteiger partial charge on any atom is -0.497 e. The average Bonchev–Trinajstić information content (AvgIpc) is 3.51. The molecule has 7 nitrogen and oxygen atoms in total. The lowest BCUT2D eigenvalue weighted by Crippen LogP contribution is -2.15. The SMILES string of the molecule is COc1ccc(-c2nnc(SCc3nc(Cc4ccccc4)no3)n2C2CCCCC2)cc1. The predicted molar refractivity (Wildman–Crippen MR) is 127 cm³/mol. The molecule has 1 saturated carbocycles. The molecule has 4 aromatic rings. The average molecular weight is 462 g/mol. The molecule has 33 heavy (non-hydrogen) atoms. The maximum atomic E-state index is 5.51. The largest absolute Gasteiger partial charge is 0.497 e. The highest BCUT2D eigenvalue weighted by Gasteiger charge is 2.24. The first-order chi connectivity index (χ1) is 16.3. The highest BCUT2D eigenvalue weighted by atomic mass is 32.2. The molecule has 2 aromatic carbocycles. The topological polar surface area (TPSA) is 78.9 Å². The third-order valence-electron chi connectivity index (χ3n) is 5.99. The molecule has 170 valence electrons. The molecule has 2 heterocycles. The van der Waals surface area contributed by atoms with Gasteiger partial charge in [0.1, 0.15) is 5.75 Å². The number of benzene rings is 2. The second-order valence-corrected chi connectivity index (χ2v) is 9.19. The summed E-state index contributed by atoms with van der Waals surface area (Å²) in [6.45, 7) is 0. The van der Waals surface area contributed by atoms with Gasteiger partial charge in [0.05, 0.1) is 12.9 Å². The summed E-state index contributed by atoms with van der Waals surface area (Å²) in [7, 11) is 1.68. The number of hydrogen-bond donors (Lipinski definition) is 0. The fraction of sp³-hybridized carbons (Fsp3) is 0.360. The lowest BCUT2D eigenvalue weighted by molar-refractivity contribution is 0.339. The van der Waals surface area contributed by atoms with Gasteiger partial charge in [0.25, 0.3) is 0 Å². The van der Waals surface area contributed by atoms with E-state index in [9.17, 15) is 0 Å². The van der Waals surface area contributed by atoms with Gasteiger partial charge in [-0.25, -0.2) is 0 Å². The summed E-state index contributed by atoms with van der Waals surface area (Å²) >= 11 is 1.60. The van der Waals surface area contributed by atoms with Crippen LogP contribution in [0.5, 0.6) is 5.75 Å². The Morgan fingerprint density at radius 1 is 1.00 bits per heavy atom. The number of rotatable bonds is 8. The quantitative estimate of drug-likeness (QED) is 0.310. The molecule has 2 aromatic heterocycles. The van der Waals surface area contributed by atoms with Crippen LogP contribution in [0.3, 0.4) is 0 Å². The van der Waals surface area contributed by atoms with E-state index in [-0.39, 0.29) is 0 Å². The molecule has 8 heteroatoms. The number of aromatic nitrogens is 5. The Hall–Kier alpha value is -3.13. The summed E-state index contributed by atoms with van der Waals surface area (Å²) in [5, 5.41) is 14.2. The zero-order valence-electron chi connectivity index (χ0n) is 18.7. The first-order valence-electron chi connectivity index (χ1n) is 11.4. The summed E-state index contributed by atoms with van der Waals surface area (Å²) in [5.74, 6) is 3.61. The van der Waals surface area contributed by atoms with Crippen molar-refractivity contribution < 1.29 is 9.26 Å². The third-order valence-corrected chi connectivity index (χ3v) is 6.92. The van der Waals surface area contributed by atoms with Crippen molar-refractivity contribution in [2.24, 2.45) is 0 Å². The van der Waals surface area contributed by atoms with Crippen molar-refractivity contribution in [2.45, 2.75) is 55.5 Å². The van der Waals surface area contributed by atoms with Crippen molar-refractivity contribution in [3.05, 3.63) is 71.9 Å². The number of thioether (sulfide) groups is 1. The van der Waals surface area contributed by atoms with E-state index in [2.05, 4.69) is 37.0 Å². The lowest BCUT2D eigenvalue weighted by atomic mass is 9.95. The Bertz CT molecular complexity index is 1170. The Labute approximate surface area is 197 Å². The van der Waals surface area contributed by atoms with E-state index in [1.54, 1.807) is 18.9 Å². The van der Waals surface area contributed by atoms with Crippen molar-refractivity contribution in [3.8, 4) is 17.1 Å². The Balaban J connectivity index is 1.35. The number of hydrogen-bond acceptors (Lipinski definition) is 7. The summed E-state index contributed by atoms with van der Waals surface area (Å²) in [4.78, 5) is 4.58. The second-order valence-electron chi connectivity index (χ2n) is 8.25. The van der Waals surface area contributed by atoms with Gasteiger partial charge in [0, 0.05) is 18.0 Å².